The number of ether oxygens (including phenoxy) is 1. The van der Waals surface area contributed by atoms with Crippen LogP contribution >= 0.6 is 0 Å². The molecule has 2 aromatic rings. The highest BCUT2D eigenvalue weighted by Crippen LogP contribution is 2.25. The van der Waals surface area contributed by atoms with E-state index in [9.17, 15) is 4.79 Å². The minimum atomic E-state index is -0.171. The third kappa shape index (κ3) is 3.33. The molecule has 0 aromatic carbocycles. The van der Waals surface area contributed by atoms with Crippen LogP contribution in [-0.4, -0.2) is 82.8 Å². The predicted molar refractivity (Wildman–Crippen MR) is 99.3 cm³/mol. The minimum absolute atomic E-state index is 0.171. The Balaban J connectivity index is 1.32. The van der Waals surface area contributed by atoms with E-state index in [1.165, 1.54) is 0 Å². The molecule has 0 radical (unpaired) electrons. The summed E-state index contributed by atoms with van der Waals surface area (Å²) in [6.45, 7) is 7.87. The number of nitrogens with one attached hydrogen (secondary N) is 1. The molecule has 1 amide bonds. The standard InChI is InChI=1S/C18H26N6O2/c1-2-26-18(25)24-7-4-14(5-8-24)22-9-11-23(12-10-22)17-15-3-6-19-16(15)20-13-21-17/h3,6,13-14H,2,4-5,7-12H2,1H3,(H,19,20,21). The fourth-order valence-electron chi connectivity index (χ4n) is 4.04. The molecular formula is C18H26N6O2. The lowest BCUT2D eigenvalue weighted by Crippen LogP contribution is -2.54. The smallest absolute Gasteiger partial charge is 0.409 e. The number of anilines is 1. The van der Waals surface area contributed by atoms with Crippen molar-refractivity contribution in [3.63, 3.8) is 0 Å². The molecule has 2 saturated heterocycles. The van der Waals surface area contributed by atoms with Gasteiger partial charge in [-0.05, 0) is 25.8 Å². The number of likely N-dealkylation sites (tertiary alicyclic amines) is 1. The Labute approximate surface area is 153 Å². The van der Waals surface area contributed by atoms with Crippen molar-refractivity contribution in [3.05, 3.63) is 18.6 Å². The van der Waals surface area contributed by atoms with Gasteiger partial charge in [0.15, 0.2) is 0 Å². The normalized spacial score (nSPS) is 19.9. The molecule has 8 nitrogen and oxygen atoms in total. The van der Waals surface area contributed by atoms with Gasteiger partial charge in [-0.3, -0.25) is 4.90 Å². The average Bonchev–Trinajstić information content (AvgIpc) is 3.17. The van der Waals surface area contributed by atoms with Gasteiger partial charge >= 0.3 is 6.09 Å². The van der Waals surface area contributed by atoms with Gasteiger partial charge in [0, 0.05) is 51.5 Å². The maximum absolute atomic E-state index is 11.8. The first-order chi connectivity index (χ1) is 12.8. The van der Waals surface area contributed by atoms with Crippen molar-refractivity contribution in [3.8, 4) is 0 Å². The zero-order chi connectivity index (χ0) is 17.9. The number of carbonyl (C=O) groups excluding carboxylic acids is 1. The number of fused-ring (bicyclic) bond motifs is 1. The van der Waals surface area contributed by atoms with Gasteiger partial charge in [-0.1, -0.05) is 0 Å². The van der Waals surface area contributed by atoms with Crippen molar-refractivity contribution in [1.29, 1.82) is 0 Å². The molecule has 2 aromatic heterocycles. The molecule has 140 valence electrons. The highest BCUT2D eigenvalue weighted by Gasteiger charge is 2.30. The summed E-state index contributed by atoms with van der Waals surface area (Å²) in [6, 6.07) is 2.60. The topological polar surface area (TPSA) is 77.6 Å². The summed E-state index contributed by atoms with van der Waals surface area (Å²) < 4.78 is 5.11. The van der Waals surface area contributed by atoms with Crippen LogP contribution in [0.1, 0.15) is 19.8 Å². The predicted octanol–water partition coefficient (Wildman–Crippen LogP) is 1.70. The summed E-state index contributed by atoms with van der Waals surface area (Å²) >= 11 is 0. The Hall–Kier alpha value is -2.35. The summed E-state index contributed by atoms with van der Waals surface area (Å²) in [7, 11) is 0. The molecule has 26 heavy (non-hydrogen) atoms. The Morgan fingerprint density at radius 1 is 1.19 bits per heavy atom. The number of hydrogen-bond donors (Lipinski definition) is 1. The van der Waals surface area contributed by atoms with Gasteiger partial charge in [0.1, 0.15) is 17.8 Å². The number of carbonyl (C=O) groups is 1. The van der Waals surface area contributed by atoms with Gasteiger partial charge in [-0.2, -0.15) is 0 Å². The van der Waals surface area contributed by atoms with Crippen LogP contribution in [0, 0.1) is 0 Å². The van der Waals surface area contributed by atoms with Crippen molar-refractivity contribution < 1.29 is 9.53 Å². The fourth-order valence-corrected chi connectivity index (χ4v) is 4.04. The second kappa shape index (κ2) is 7.49. The van der Waals surface area contributed by atoms with Crippen LogP contribution in [0.3, 0.4) is 0 Å². The molecule has 4 rings (SSSR count). The van der Waals surface area contributed by atoms with E-state index < -0.39 is 0 Å². The summed E-state index contributed by atoms with van der Waals surface area (Å²) in [4.78, 5) is 30.5. The number of H-pyrrole nitrogens is 1. The van der Waals surface area contributed by atoms with E-state index in [4.69, 9.17) is 4.74 Å². The molecule has 2 aliphatic heterocycles. The van der Waals surface area contributed by atoms with Crippen molar-refractivity contribution in [1.82, 2.24) is 24.8 Å². The molecule has 0 atom stereocenters. The molecule has 0 saturated carbocycles. The lowest BCUT2D eigenvalue weighted by Gasteiger charge is -2.42. The quantitative estimate of drug-likeness (QED) is 0.900. The van der Waals surface area contributed by atoms with E-state index in [1.807, 2.05) is 24.1 Å². The van der Waals surface area contributed by atoms with Gasteiger partial charge in [-0.15, -0.1) is 0 Å². The molecule has 0 bridgehead atoms. The van der Waals surface area contributed by atoms with Crippen LogP contribution in [0.25, 0.3) is 11.0 Å². The van der Waals surface area contributed by atoms with Crippen molar-refractivity contribution in [2.24, 2.45) is 0 Å². The molecule has 4 heterocycles. The number of rotatable bonds is 3. The highest BCUT2D eigenvalue weighted by atomic mass is 16.6. The number of piperazine rings is 1. The van der Waals surface area contributed by atoms with Crippen LogP contribution in [-0.2, 0) is 4.74 Å². The largest absolute Gasteiger partial charge is 0.450 e. The van der Waals surface area contributed by atoms with Crippen molar-refractivity contribution >= 4 is 22.9 Å². The Kier molecular flexibility index (Phi) is 4.92. The van der Waals surface area contributed by atoms with Crippen LogP contribution < -0.4 is 4.90 Å². The molecule has 2 aliphatic rings. The number of piperidine rings is 1. The van der Waals surface area contributed by atoms with E-state index in [-0.39, 0.29) is 6.09 Å². The molecule has 0 spiro atoms. The van der Waals surface area contributed by atoms with Gasteiger partial charge in [-0.25, -0.2) is 14.8 Å². The maximum Gasteiger partial charge on any atom is 0.409 e. The van der Waals surface area contributed by atoms with E-state index in [0.29, 0.717) is 12.6 Å². The minimum Gasteiger partial charge on any atom is -0.450 e. The first-order valence-electron chi connectivity index (χ1n) is 9.45. The van der Waals surface area contributed by atoms with Crippen LogP contribution in [0.2, 0.25) is 0 Å². The van der Waals surface area contributed by atoms with E-state index >= 15 is 0 Å². The third-order valence-corrected chi connectivity index (χ3v) is 5.45. The van der Waals surface area contributed by atoms with Crippen LogP contribution in [0.4, 0.5) is 10.6 Å². The molecular weight excluding hydrogens is 332 g/mol. The Bertz CT molecular complexity index is 747. The van der Waals surface area contributed by atoms with E-state index in [2.05, 4.69) is 24.8 Å². The second-order valence-electron chi connectivity index (χ2n) is 6.88. The fraction of sp³-hybridized carbons (Fsp3) is 0.611. The molecule has 2 fully saturated rings. The third-order valence-electron chi connectivity index (χ3n) is 5.45. The zero-order valence-corrected chi connectivity index (χ0v) is 15.2. The molecule has 1 N–H and O–H groups in total. The summed E-state index contributed by atoms with van der Waals surface area (Å²) in [6.07, 6.45) is 5.42. The number of aromatic nitrogens is 3. The van der Waals surface area contributed by atoms with E-state index in [0.717, 1.165) is 69.0 Å². The second-order valence-corrected chi connectivity index (χ2v) is 6.88. The lowest BCUT2D eigenvalue weighted by molar-refractivity contribution is 0.0729. The van der Waals surface area contributed by atoms with Crippen molar-refractivity contribution in [2.45, 2.75) is 25.8 Å². The average molecular weight is 358 g/mol. The monoisotopic (exact) mass is 358 g/mol. The summed E-state index contributed by atoms with van der Waals surface area (Å²) in [5.74, 6) is 1.02. The van der Waals surface area contributed by atoms with Crippen LogP contribution in [0.15, 0.2) is 18.6 Å². The summed E-state index contributed by atoms with van der Waals surface area (Å²) in [5, 5.41) is 1.09. The first-order valence-corrected chi connectivity index (χ1v) is 9.45. The number of aromatic amines is 1. The van der Waals surface area contributed by atoms with Crippen LogP contribution in [0.5, 0.6) is 0 Å². The highest BCUT2D eigenvalue weighted by molar-refractivity contribution is 5.87. The SMILES string of the molecule is CCOC(=O)N1CCC(N2CCN(c3ncnc4[nH]ccc34)CC2)CC1. The molecule has 8 heteroatoms. The Morgan fingerprint density at radius 2 is 1.96 bits per heavy atom. The molecule has 0 unspecified atom stereocenters. The maximum atomic E-state index is 11.8. The lowest BCUT2D eigenvalue weighted by atomic mass is 10.0. The zero-order valence-electron chi connectivity index (χ0n) is 15.2. The Morgan fingerprint density at radius 3 is 2.69 bits per heavy atom. The van der Waals surface area contributed by atoms with Gasteiger partial charge in [0.25, 0.3) is 0 Å². The number of amides is 1. The summed E-state index contributed by atoms with van der Waals surface area (Å²) in [5.41, 5.74) is 0.892. The number of hydrogen-bond acceptors (Lipinski definition) is 6. The van der Waals surface area contributed by atoms with Gasteiger partial charge in [0.05, 0.1) is 12.0 Å². The van der Waals surface area contributed by atoms with Gasteiger partial charge < -0.3 is 19.5 Å². The first kappa shape index (κ1) is 17.1. The van der Waals surface area contributed by atoms with Gasteiger partial charge in [0.2, 0.25) is 0 Å². The van der Waals surface area contributed by atoms with Crippen molar-refractivity contribution in [2.75, 3.05) is 50.8 Å². The number of nitrogens with zero attached hydrogens (tertiary/aromatic N) is 5. The van der Waals surface area contributed by atoms with E-state index in [1.54, 1.807) is 6.33 Å². The molecule has 0 aliphatic carbocycles.